The number of nitrogen functional groups attached to an aromatic ring is 1. The molecule has 0 aliphatic rings. The summed E-state index contributed by atoms with van der Waals surface area (Å²) in [6.45, 7) is 0. The molecule has 2 rings (SSSR count). The molecule has 0 fully saturated rings. The van der Waals surface area contributed by atoms with Crippen molar-refractivity contribution in [3.05, 3.63) is 29.0 Å². The highest BCUT2D eigenvalue weighted by Crippen LogP contribution is 2.27. The standard InChI is InChI=1S/C9H6ClN3O3/c10-4-1-2-6(11)5(3-4)8-12-7(9(14)15)13-16-8/h1-3H,11H2,(H,14,15). The van der Waals surface area contributed by atoms with Gasteiger partial charge in [0.1, 0.15) is 0 Å². The first-order valence-electron chi connectivity index (χ1n) is 4.20. The van der Waals surface area contributed by atoms with Crippen LogP contribution in [-0.4, -0.2) is 21.2 Å². The van der Waals surface area contributed by atoms with Crippen molar-refractivity contribution < 1.29 is 14.4 Å². The van der Waals surface area contributed by atoms with E-state index in [2.05, 4.69) is 10.1 Å². The van der Waals surface area contributed by atoms with Crippen molar-refractivity contribution in [2.75, 3.05) is 5.73 Å². The van der Waals surface area contributed by atoms with Crippen molar-refractivity contribution in [1.29, 1.82) is 0 Å². The Kier molecular flexibility index (Phi) is 2.49. The van der Waals surface area contributed by atoms with Gasteiger partial charge in [0.25, 0.3) is 11.7 Å². The van der Waals surface area contributed by atoms with Crippen LogP contribution >= 0.6 is 11.6 Å². The number of aromatic nitrogens is 2. The summed E-state index contributed by atoms with van der Waals surface area (Å²) in [6, 6.07) is 4.70. The van der Waals surface area contributed by atoms with E-state index in [1.54, 1.807) is 12.1 Å². The fourth-order valence-electron chi connectivity index (χ4n) is 1.13. The Morgan fingerprint density at radius 3 is 2.88 bits per heavy atom. The number of anilines is 1. The predicted octanol–water partition coefficient (Wildman–Crippen LogP) is 1.67. The second-order valence-corrected chi connectivity index (χ2v) is 3.40. The molecule has 0 aliphatic carbocycles. The molecule has 0 saturated carbocycles. The van der Waals surface area contributed by atoms with Gasteiger partial charge >= 0.3 is 5.97 Å². The minimum Gasteiger partial charge on any atom is -0.475 e. The monoisotopic (exact) mass is 239 g/mol. The number of hydrogen-bond donors (Lipinski definition) is 2. The Morgan fingerprint density at radius 2 is 2.25 bits per heavy atom. The molecule has 1 aromatic heterocycles. The summed E-state index contributed by atoms with van der Waals surface area (Å²) in [6.07, 6.45) is 0. The Labute approximate surface area is 94.6 Å². The second-order valence-electron chi connectivity index (χ2n) is 2.96. The maximum atomic E-state index is 10.6. The van der Waals surface area contributed by atoms with E-state index < -0.39 is 11.8 Å². The summed E-state index contributed by atoms with van der Waals surface area (Å²) in [4.78, 5) is 14.2. The highest BCUT2D eigenvalue weighted by molar-refractivity contribution is 6.31. The molecule has 82 valence electrons. The van der Waals surface area contributed by atoms with E-state index >= 15 is 0 Å². The van der Waals surface area contributed by atoms with Crippen LogP contribution in [0.4, 0.5) is 5.69 Å². The maximum absolute atomic E-state index is 10.6. The van der Waals surface area contributed by atoms with Gasteiger partial charge in [0.05, 0.1) is 5.56 Å². The molecule has 2 aromatic rings. The lowest BCUT2D eigenvalue weighted by molar-refractivity contribution is 0.0680. The third-order valence-corrected chi connectivity index (χ3v) is 2.10. The maximum Gasteiger partial charge on any atom is 0.377 e. The van der Waals surface area contributed by atoms with Gasteiger partial charge in [0, 0.05) is 10.7 Å². The topological polar surface area (TPSA) is 102 Å². The van der Waals surface area contributed by atoms with Gasteiger partial charge in [-0.05, 0) is 23.4 Å². The normalized spacial score (nSPS) is 10.3. The number of carbonyl (C=O) groups is 1. The molecule has 0 radical (unpaired) electrons. The van der Waals surface area contributed by atoms with Crippen LogP contribution in [0.25, 0.3) is 11.5 Å². The summed E-state index contributed by atoms with van der Waals surface area (Å²) in [5.41, 5.74) is 6.46. The third-order valence-electron chi connectivity index (χ3n) is 1.86. The van der Waals surface area contributed by atoms with Crippen LogP contribution in [0.2, 0.25) is 5.02 Å². The lowest BCUT2D eigenvalue weighted by Crippen LogP contribution is -1.98. The SMILES string of the molecule is Nc1ccc(Cl)cc1-c1nc(C(=O)O)no1. The van der Waals surface area contributed by atoms with Gasteiger partial charge in [0.15, 0.2) is 0 Å². The number of rotatable bonds is 2. The third kappa shape index (κ3) is 1.82. The molecule has 7 heteroatoms. The van der Waals surface area contributed by atoms with Gasteiger partial charge in [-0.3, -0.25) is 0 Å². The Morgan fingerprint density at radius 1 is 1.50 bits per heavy atom. The van der Waals surface area contributed by atoms with Crippen LogP contribution in [0.5, 0.6) is 0 Å². The van der Waals surface area contributed by atoms with Crippen LogP contribution in [0.3, 0.4) is 0 Å². The summed E-state index contributed by atoms with van der Waals surface area (Å²) in [5.74, 6) is -1.66. The zero-order chi connectivity index (χ0) is 11.7. The van der Waals surface area contributed by atoms with Gasteiger partial charge < -0.3 is 15.4 Å². The molecule has 0 amide bonds. The number of nitrogens with two attached hydrogens (primary N) is 1. The minimum absolute atomic E-state index is 0.0254. The molecule has 0 bridgehead atoms. The number of nitrogens with zero attached hydrogens (tertiary/aromatic N) is 2. The van der Waals surface area contributed by atoms with E-state index in [9.17, 15) is 4.79 Å². The van der Waals surface area contributed by atoms with Crippen LogP contribution < -0.4 is 5.73 Å². The van der Waals surface area contributed by atoms with Crippen molar-refractivity contribution in [1.82, 2.24) is 10.1 Å². The van der Waals surface area contributed by atoms with Gasteiger partial charge in [-0.2, -0.15) is 4.98 Å². The van der Waals surface area contributed by atoms with Crippen molar-refractivity contribution in [3.63, 3.8) is 0 Å². The Hall–Kier alpha value is -2.08. The Bertz CT molecular complexity index is 553. The molecule has 6 nitrogen and oxygen atoms in total. The fraction of sp³-hybridized carbons (Fsp3) is 0. The molecule has 0 unspecified atom stereocenters. The zero-order valence-corrected chi connectivity index (χ0v) is 8.60. The van der Waals surface area contributed by atoms with Crippen molar-refractivity contribution in [3.8, 4) is 11.5 Å². The minimum atomic E-state index is -1.27. The summed E-state index contributed by atoms with van der Waals surface area (Å²) in [7, 11) is 0. The number of hydrogen-bond acceptors (Lipinski definition) is 5. The summed E-state index contributed by atoms with van der Waals surface area (Å²) in [5, 5.41) is 12.3. The van der Waals surface area contributed by atoms with Gasteiger partial charge in [-0.15, -0.1) is 0 Å². The molecular weight excluding hydrogens is 234 g/mol. The van der Waals surface area contributed by atoms with E-state index in [-0.39, 0.29) is 5.89 Å². The highest BCUT2D eigenvalue weighted by Gasteiger charge is 2.16. The molecule has 0 saturated heterocycles. The average molecular weight is 240 g/mol. The number of carboxylic acid groups (broad SMARTS) is 1. The average Bonchev–Trinajstić information content (AvgIpc) is 2.70. The number of halogens is 1. The first-order chi connectivity index (χ1) is 7.58. The fourth-order valence-corrected chi connectivity index (χ4v) is 1.31. The number of carboxylic acids is 1. The lowest BCUT2D eigenvalue weighted by Gasteiger charge is -1.99. The molecule has 3 N–H and O–H groups in total. The van der Waals surface area contributed by atoms with Crippen LogP contribution in [0.1, 0.15) is 10.6 Å². The van der Waals surface area contributed by atoms with Gasteiger partial charge in [0.2, 0.25) is 0 Å². The molecular formula is C9H6ClN3O3. The van der Waals surface area contributed by atoms with E-state index in [0.717, 1.165) is 0 Å². The van der Waals surface area contributed by atoms with Crippen molar-refractivity contribution >= 4 is 23.3 Å². The Balaban J connectivity index is 2.50. The van der Waals surface area contributed by atoms with E-state index in [1.165, 1.54) is 6.07 Å². The predicted molar refractivity (Wildman–Crippen MR) is 56.1 cm³/mol. The first-order valence-corrected chi connectivity index (χ1v) is 4.58. The molecule has 0 spiro atoms. The second kappa shape index (κ2) is 3.82. The quantitative estimate of drug-likeness (QED) is 0.773. The highest BCUT2D eigenvalue weighted by atomic mass is 35.5. The summed E-state index contributed by atoms with van der Waals surface area (Å²) >= 11 is 5.77. The molecule has 1 aromatic carbocycles. The van der Waals surface area contributed by atoms with E-state index in [0.29, 0.717) is 16.3 Å². The molecule has 1 heterocycles. The van der Waals surface area contributed by atoms with Crippen molar-refractivity contribution in [2.45, 2.75) is 0 Å². The zero-order valence-electron chi connectivity index (χ0n) is 7.85. The smallest absolute Gasteiger partial charge is 0.377 e. The summed E-state index contributed by atoms with van der Waals surface area (Å²) < 4.78 is 4.77. The van der Waals surface area contributed by atoms with Crippen LogP contribution in [0.15, 0.2) is 22.7 Å². The van der Waals surface area contributed by atoms with Crippen LogP contribution in [0, 0.1) is 0 Å². The van der Waals surface area contributed by atoms with Crippen LogP contribution in [-0.2, 0) is 0 Å². The van der Waals surface area contributed by atoms with Crippen molar-refractivity contribution in [2.24, 2.45) is 0 Å². The molecule has 16 heavy (non-hydrogen) atoms. The van der Waals surface area contributed by atoms with E-state index in [1.807, 2.05) is 0 Å². The number of aromatic carboxylic acids is 1. The van der Waals surface area contributed by atoms with Gasteiger partial charge in [-0.1, -0.05) is 11.6 Å². The molecule has 0 atom stereocenters. The number of benzene rings is 1. The van der Waals surface area contributed by atoms with E-state index in [4.69, 9.17) is 27.0 Å². The largest absolute Gasteiger partial charge is 0.475 e. The lowest BCUT2D eigenvalue weighted by atomic mass is 10.2. The molecule has 0 aliphatic heterocycles. The first kappa shape index (κ1) is 10.4. The van der Waals surface area contributed by atoms with Gasteiger partial charge in [-0.25, -0.2) is 4.79 Å².